The monoisotopic (exact) mass is 310 g/mol. The summed E-state index contributed by atoms with van der Waals surface area (Å²) in [4.78, 5) is 0. The molecule has 0 aromatic heterocycles. The normalized spacial score (nSPS) is 41.6. The topological polar surface area (TPSA) is 9.23 Å². The van der Waals surface area contributed by atoms with Crippen LogP contribution in [0.15, 0.2) is 30.9 Å². The van der Waals surface area contributed by atoms with E-state index in [1.54, 1.807) is 18.2 Å². The minimum absolute atomic E-state index is 0.336. The third kappa shape index (κ3) is 1.98. The standard InChI is InChI=1S/C22H30O/c1-5-21(2)12-11-20-19-8-6-15-14-16(23-4)7-9-17(15)18(19)10-13-22(20,21)3/h5,7,9,14,18-20H,1,6,8,10-13H2,2-4H3/t18-,19-,20+,21+,22+/m1/s1. The van der Waals surface area contributed by atoms with Gasteiger partial charge in [-0.25, -0.2) is 0 Å². The largest absolute Gasteiger partial charge is 0.497 e. The molecule has 0 spiro atoms. The summed E-state index contributed by atoms with van der Waals surface area (Å²) in [5.74, 6) is 3.54. The van der Waals surface area contributed by atoms with Crippen molar-refractivity contribution in [1.82, 2.24) is 0 Å². The summed E-state index contributed by atoms with van der Waals surface area (Å²) in [6, 6.07) is 6.80. The number of methoxy groups -OCH3 is 1. The van der Waals surface area contributed by atoms with Gasteiger partial charge < -0.3 is 4.74 Å². The van der Waals surface area contributed by atoms with Crippen LogP contribution in [0.1, 0.15) is 63.0 Å². The molecule has 0 bridgehead atoms. The van der Waals surface area contributed by atoms with Crippen LogP contribution in [-0.4, -0.2) is 7.11 Å². The van der Waals surface area contributed by atoms with Crippen molar-refractivity contribution in [3.8, 4) is 5.75 Å². The van der Waals surface area contributed by atoms with Gasteiger partial charge in [0.15, 0.2) is 0 Å². The summed E-state index contributed by atoms with van der Waals surface area (Å²) in [5.41, 5.74) is 3.96. The number of hydrogen-bond acceptors (Lipinski definition) is 1. The third-order valence-corrected chi connectivity index (χ3v) is 8.05. The van der Waals surface area contributed by atoms with Gasteiger partial charge in [-0.1, -0.05) is 26.0 Å². The van der Waals surface area contributed by atoms with Gasteiger partial charge in [0, 0.05) is 0 Å². The maximum atomic E-state index is 5.43. The second-order valence-electron chi connectivity index (χ2n) is 8.60. The molecule has 0 saturated heterocycles. The molecule has 0 heterocycles. The zero-order valence-corrected chi connectivity index (χ0v) is 14.9. The lowest BCUT2D eigenvalue weighted by Crippen LogP contribution is -2.45. The number of fused-ring (bicyclic) bond motifs is 5. The van der Waals surface area contributed by atoms with E-state index in [0.717, 1.165) is 23.5 Å². The van der Waals surface area contributed by atoms with Crippen molar-refractivity contribution in [2.75, 3.05) is 7.11 Å². The van der Waals surface area contributed by atoms with Crippen molar-refractivity contribution < 1.29 is 4.74 Å². The van der Waals surface area contributed by atoms with E-state index < -0.39 is 0 Å². The highest BCUT2D eigenvalue weighted by Crippen LogP contribution is 2.67. The summed E-state index contributed by atoms with van der Waals surface area (Å²) in [6.45, 7) is 9.22. The molecule has 1 heteroatoms. The van der Waals surface area contributed by atoms with Crippen LogP contribution in [0.2, 0.25) is 0 Å². The van der Waals surface area contributed by atoms with Gasteiger partial charge >= 0.3 is 0 Å². The summed E-state index contributed by atoms with van der Waals surface area (Å²) in [5, 5.41) is 0. The second kappa shape index (κ2) is 5.13. The molecule has 5 atom stereocenters. The summed E-state index contributed by atoms with van der Waals surface area (Å²) in [6.07, 6.45) is 10.3. The van der Waals surface area contributed by atoms with Gasteiger partial charge in [0.05, 0.1) is 7.11 Å². The quantitative estimate of drug-likeness (QED) is 0.633. The molecular formula is C22H30O. The highest BCUT2D eigenvalue weighted by Gasteiger charge is 2.58. The molecule has 23 heavy (non-hydrogen) atoms. The first-order valence-corrected chi connectivity index (χ1v) is 9.33. The van der Waals surface area contributed by atoms with E-state index in [2.05, 4.69) is 44.7 Å². The molecule has 1 nitrogen and oxygen atoms in total. The fourth-order valence-corrected chi connectivity index (χ4v) is 6.32. The molecular weight excluding hydrogens is 280 g/mol. The molecule has 2 saturated carbocycles. The maximum Gasteiger partial charge on any atom is 0.119 e. The number of aryl methyl sites for hydroxylation is 1. The van der Waals surface area contributed by atoms with Gasteiger partial charge in [-0.3, -0.25) is 0 Å². The van der Waals surface area contributed by atoms with E-state index in [-0.39, 0.29) is 0 Å². The van der Waals surface area contributed by atoms with Crippen LogP contribution in [0.4, 0.5) is 0 Å². The van der Waals surface area contributed by atoms with Gasteiger partial charge in [0.25, 0.3) is 0 Å². The van der Waals surface area contributed by atoms with Crippen molar-refractivity contribution in [3.63, 3.8) is 0 Å². The Bertz CT molecular complexity index is 633. The Labute approximate surface area is 141 Å². The molecule has 3 aliphatic rings. The van der Waals surface area contributed by atoms with Crippen molar-refractivity contribution in [2.45, 2.75) is 58.3 Å². The first-order chi connectivity index (χ1) is 11.0. The first kappa shape index (κ1) is 15.3. The van der Waals surface area contributed by atoms with Crippen LogP contribution in [0.5, 0.6) is 5.75 Å². The van der Waals surface area contributed by atoms with Crippen LogP contribution in [-0.2, 0) is 6.42 Å². The number of benzene rings is 1. The van der Waals surface area contributed by atoms with E-state index in [1.165, 1.54) is 38.5 Å². The average molecular weight is 310 g/mol. The molecule has 0 radical (unpaired) electrons. The van der Waals surface area contributed by atoms with Crippen molar-refractivity contribution in [3.05, 3.63) is 42.0 Å². The zero-order chi connectivity index (χ0) is 16.2. The van der Waals surface area contributed by atoms with E-state index in [0.29, 0.717) is 10.8 Å². The lowest BCUT2D eigenvalue weighted by Gasteiger charge is -2.53. The Morgan fingerprint density at radius 1 is 1.17 bits per heavy atom. The Morgan fingerprint density at radius 2 is 2.00 bits per heavy atom. The Kier molecular flexibility index (Phi) is 3.41. The van der Waals surface area contributed by atoms with Crippen LogP contribution < -0.4 is 4.74 Å². The van der Waals surface area contributed by atoms with Crippen molar-refractivity contribution >= 4 is 0 Å². The Balaban J connectivity index is 1.69. The minimum Gasteiger partial charge on any atom is -0.497 e. The number of allylic oxidation sites excluding steroid dienone is 1. The van der Waals surface area contributed by atoms with Gasteiger partial charge in [0.1, 0.15) is 5.75 Å². The zero-order valence-electron chi connectivity index (χ0n) is 14.9. The molecule has 2 fully saturated rings. The van der Waals surface area contributed by atoms with Crippen molar-refractivity contribution in [2.24, 2.45) is 22.7 Å². The third-order valence-electron chi connectivity index (χ3n) is 8.05. The second-order valence-corrected chi connectivity index (χ2v) is 8.60. The van der Waals surface area contributed by atoms with Crippen LogP contribution >= 0.6 is 0 Å². The van der Waals surface area contributed by atoms with Gasteiger partial charge in [-0.05, 0) is 90.4 Å². The Hall–Kier alpha value is -1.24. The molecule has 1 aromatic carbocycles. The molecule has 1 aromatic rings. The first-order valence-electron chi connectivity index (χ1n) is 9.33. The van der Waals surface area contributed by atoms with Crippen molar-refractivity contribution in [1.29, 1.82) is 0 Å². The lowest BCUT2D eigenvalue weighted by atomic mass is 9.51. The molecule has 0 amide bonds. The minimum atomic E-state index is 0.336. The van der Waals surface area contributed by atoms with E-state index >= 15 is 0 Å². The number of hydrogen-bond donors (Lipinski definition) is 0. The molecule has 3 aliphatic carbocycles. The Morgan fingerprint density at radius 3 is 2.74 bits per heavy atom. The fraction of sp³-hybridized carbons (Fsp3) is 0.636. The predicted molar refractivity (Wildman–Crippen MR) is 95.9 cm³/mol. The number of rotatable bonds is 2. The summed E-state index contributed by atoms with van der Waals surface area (Å²) in [7, 11) is 1.77. The van der Waals surface area contributed by atoms with Gasteiger partial charge in [-0.2, -0.15) is 0 Å². The molecule has 124 valence electrons. The summed E-state index contributed by atoms with van der Waals surface area (Å²) < 4.78 is 5.43. The molecule has 0 N–H and O–H groups in total. The highest BCUT2D eigenvalue weighted by atomic mass is 16.5. The maximum absolute atomic E-state index is 5.43. The lowest BCUT2D eigenvalue weighted by molar-refractivity contribution is 0.00492. The molecule has 0 aliphatic heterocycles. The van der Waals surface area contributed by atoms with Gasteiger partial charge in [-0.15, -0.1) is 6.58 Å². The summed E-state index contributed by atoms with van der Waals surface area (Å²) >= 11 is 0. The van der Waals surface area contributed by atoms with E-state index in [4.69, 9.17) is 4.74 Å². The van der Waals surface area contributed by atoms with Crippen LogP contribution in [0.3, 0.4) is 0 Å². The number of ether oxygens (including phenoxy) is 1. The fourth-order valence-electron chi connectivity index (χ4n) is 6.32. The van der Waals surface area contributed by atoms with Crippen LogP contribution in [0.25, 0.3) is 0 Å². The van der Waals surface area contributed by atoms with E-state index in [1.807, 2.05) is 0 Å². The van der Waals surface area contributed by atoms with E-state index in [9.17, 15) is 0 Å². The SMILES string of the molecule is C=C[C@@]1(C)CC[C@H]2[C@@H]3CCc4cc(OC)ccc4[C@H]3CC[C@@]21C. The molecule has 4 rings (SSSR count). The predicted octanol–water partition coefficient (Wildman–Crippen LogP) is 5.74. The average Bonchev–Trinajstić information content (AvgIpc) is 2.86. The van der Waals surface area contributed by atoms with Crippen LogP contribution in [0, 0.1) is 22.7 Å². The molecule has 0 unspecified atom stereocenters. The van der Waals surface area contributed by atoms with Gasteiger partial charge in [0.2, 0.25) is 0 Å². The highest BCUT2D eigenvalue weighted by molar-refractivity contribution is 5.41. The smallest absolute Gasteiger partial charge is 0.119 e.